The predicted molar refractivity (Wildman–Crippen MR) is 131 cm³/mol. The molecule has 34 heavy (non-hydrogen) atoms. The molecule has 3 aromatic rings. The Hall–Kier alpha value is -3.22. The van der Waals surface area contributed by atoms with Crippen LogP contribution in [0.2, 0.25) is 0 Å². The number of methoxy groups -OCH3 is 1. The summed E-state index contributed by atoms with van der Waals surface area (Å²) < 4.78 is 6.81. The van der Waals surface area contributed by atoms with Crippen molar-refractivity contribution in [3.05, 3.63) is 58.9 Å². The standard InChI is InChI=1S/C22H26N6O4S2/c1-5-10-28-19(17(11-29)24-20(31)15-6-8-16(32-4)9-7-15)26-27-22(28)33-12-18(30)25-21-23-13(2)14(3)34-21/h5-9,17,29H,1,10-12H2,2-4H3,(H,24,31)(H,23,25,30)/t17-/m1/s1. The molecule has 2 heterocycles. The maximum Gasteiger partial charge on any atom is 0.251 e. The Kier molecular flexibility index (Phi) is 8.79. The van der Waals surface area contributed by atoms with Crippen LogP contribution in [-0.2, 0) is 11.3 Å². The molecular formula is C22H26N6O4S2. The fourth-order valence-corrected chi connectivity index (χ4v) is 4.54. The molecule has 2 aromatic heterocycles. The monoisotopic (exact) mass is 502 g/mol. The summed E-state index contributed by atoms with van der Waals surface area (Å²) in [5.41, 5.74) is 1.29. The third kappa shape index (κ3) is 6.22. The number of carbonyl (C=O) groups excluding carboxylic acids is 2. The first-order chi connectivity index (χ1) is 16.4. The van der Waals surface area contributed by atoms with Gasteiger partial charge < -0.3 is 25.0 Å². The van der Waals surface area contributed by atoms with Gasteiger partial charge in [-0.1, -0.05) is 17.8 Å². The lowest BCUT2D eigenvalue weighted by molar-refractivity contribution is -0.113. The molecule has 0 spiro atoms. The zero-order valence-corrected chi connectivity index (χ0v) is 20.7. The van der Waals surface area contributed by atoms with Crippen LogP contribution in [0.1, 0.15) is 32.8 Å². The summed E-state index contributed by atoms with van der Waals surface area (Å²) >= 11 is 2.61. The lowest BCUT2D eigenvalue weighted by atomic mass is 10.2. The fraction of sp³-hybridized carbons (Fsp3) is 0.318. The van der Waals surface area contributed by atoms with Crippen LogP contribution in [0.4, 0.5) is 5.13 Å². The SMILES string of the molecule is C=CCn1c(SCC(=O)Nc2nc(C)c(C)s2)nnc1[C@@H](CO)NC(=O)c1ccc(OC)cc1. The molecule has 0 fully saturated rings. The molecule has 2 amide bonds. The molecule has 0 unspecified atom stereocenters. The van der Waals surface area contributed by atoms with Crippen LogP contribution in [0.25, 0.3) is 0 Å². The molecule has 0 bridgehead atoms. The number of aromatic nitrogens is 4. The molecule has 10 nitrogen and oxygen atoms in total. The van der Waals surface area contributed by atoms with E-state index in [-0.39, 0.29) is 24.2 Å². The van der Waals surface area contributed by atoms with Gasteiger partial charge in [0.2, 0.25) is 5.91 Å². The minimum Gasteiger partial charge on any atom is -0.497 e. The minimum absolute atomic E-state index is 0.0922. The number of ether oxygens (including phenoxy) is 1. The van der Waals surface area contributed by atoms with Crippen molar-refractivity contribution in [1.82, 2.24) is 25.1 Å². The molecule has 0 aliphatic carbocycles. The van der Waals surface area contributed by atoms with E-state index >= 15 is 0 Å². The molecule has 3 rings (SSSR count). The third-order valence-electron chi connectivity index (χ3n) is 4.82. The molecule has 0 saturated carbocycles. The van der Waals surface area contributed by atoms with E-state index in [1.54, 1.807) is 42.0 Å². The minimum atomic E-state index is -0.800. The summed E-state index contributed by atoms with van der Waals surface area (Å²) in [6.07, 6.45) is 1.65. The first kappa shape index (κ1) is 25.4. The zero-order valence-electron chi connectivity index (χ0n) is 19.1. The number of anilines is 1. The van der Waals surface area contributed by atoms with Crippen molar-refractivity contribution in [2.24, 2.45) is 0 Å². The van der Waals surface area contributed by atoms with Gasteiger partial charge in [0, 0.05) is 17.0 Å². The number of carbonyl (C=O) groups is 2. The van der Waals surface area contributed by atoms with Crippen LogP contribution in [0.5, 0.6) is 5.75 Å². The fourth-order valence-electron chi connectivity index (χ4n) is 2.95. The second-order valence-corrected chi connectivity index (χ2v) is 9.32. The lowest BCUT2D eigenvalue weighted by Crippen LogP contribution is -2.33. The number of nitrogens with one attached hydrogen (secondary N) is 2. The van der Waals surface area contributed by atoms with E-state index < -0.39 is 6.04 Å². The van der Waals surface area contributed by atoms with Crippen molar-refractivity contribution in [3.63, 3.8) is 0 Å². The van der Waals surface area contributed by atoms with Crippen molar-refractivity contribution in [1.29, 1.82) is 0 Å². The van der Waals surface area contributed by atoms with E-state index in [4.69, 9.17) is 4.74 Å². The molecular weight excluding hydrogens is 476 g/mol. The van der Waals surface area contributed by atoms with Crippen LogP contribution in [0.3, 0.4) is 0 Å². The summed E-state index contributed by atoms with van der Waals surface area (Å²) in [5, 5.41) is 24.8. The second-order valence-electron chi connectivity index (χ2n) is 7.17. The Morgan fingerprint density at radius 2 is 2.03 bits per heavy atom. The van der Waals surface area contributed by atoms with Crippen LogP contribution < -0.4 is 15.4 Å². The molecule has 0 aliphatic rings. The second kappa shape index (κ2) is 11.8. The molecule has 1 aromatic carbocycles. The highest BCUT2D eigenvalue weighted by atomic mass is 32.2. The summed E-state index contributed by atoms with van der Waals surface area (Å²) in [6.45, 7) is 7.55. The van der Waals surface area contributed by atoms with Gasteiger partial charge in [-0.25, -0.2) is 4.98 Å². The number of thiazole rings is 1. The quantitative estimate of drug-likeness (QED) is 0.269. The van der Waals surface area contributed by atoms with Gasteiger partial charge in [0.25, 0.3) is 5.91 Å². The number of allylic oxidation sites excluding steroid dienone is 1. The number of benzene rings is 1. The van der Waals surface area contributed by atoms with Crippen molar-refractivity contribution in [2.75, 3.05) is 24.8 Å². The van der Waals surface area contributed by atoms with Gasteiger partial charge in [-0.05, 0) is 38.1 Å². The van der Waals surface area contributed by atoms with Gasteiger partial charge in [-0.2, -0.15) is 0 Å². The van der Waals surface area contributed by atoms with Gasteiger partial charge in [-0.15, -0.1) is 28.1 Å². The lowest BCUT2D eigenvalue weighted by Gasteiger charge is -2.17. The third-order valence-corrected chi connectivity index (χ3v) is 6.77. The van der Waals surface area contributed by atoms with Gasteiger partial charge in [0.1, 0.15) is 11.8 Å². The number of aryl methyl sites for hydroxylation is 2. The average molecular weight is 503 g/mol. The summed E-state index contributed by atoms with van der Waals surface area (Å²) in [4.78, 5) is 30.4. The Balaban J connectivity index is 1.69. The first-order valence-corrected chi connectivity index (χ1v) is 12.1. The van der Waals surface area contributed by atoms with E-state index in [0.29, 0.717) is 34.0 Å². The van der Waals surface area contributed by atoms with E-state index in [0.717, 1.165) is 10.6 Å². The highest BCUT2D eigenvalue weighted by Gasteiger charge is 2.23. The van der Waals surface area contributed by atoms with Crippen molar-refractivity contribution >= 4 is 40.0 Å². The summed E-state index contributed by atoms with van der Waals surface area (Å²) in [7, 11) is 1.55. The molecule has 0 radical (unpaired) electrons. The van der Waals surface area contributed by atoms with Crippen LogP contribution in [0, 0.1) is 13.8 Å². The predicted octanol–water partition coefficient (Wildman–Crippen LogP) is 2.74. The average Bonchev–Trinajstić information content (AvgIpc) is 3.37. The first-order valence-electron chi connectivity index (χ1n) is 10.3. The normalized spacial score (nSPS) is 11.6. The number of hydrogen-bond acceptors (Lipinski definition) is 9. The largest absolute Gasteiger partial charge is 0.497 e. The molecule has 0 saturated heterocycles. The highest BCUT2D eigenvalue weighted by molar-refractivity contribution is 7.99. The van der Waals surface area contributed by atoms with Crippen LogP contribution >= 0.6 is 23.1 Å². The Bertz CT molecular complexity index is 1140. The molecule has 12 heteroatoms. The number of aliphatic hydroxyl groups is 1. The number of thioether (sulfide) groups is 1. The number of rotatable bonds is 11. The number of hydrogen-bond donors (Lipinski definition) is 3. The molecule has 0 aliphatic heterocycles. The van der Waals surface area contributed by atoms with Crippen LogP contribution in [0.15, 0.2) is 42.1 Å². The maximum absolute atomic E-state index is 12.7. The highest BCUT2D eigenvalue weighted by Crippen LogP contribution is 2.24. The van der Waals surface area contributed by atoms with Crippen molar-refractivity contribution in [3.8, 4) is 5.75 Å². The smallest absolute Gasteiger partial charge is 0.251 e. The Labute approximate surface area is 205 Å². The summed E-state index contributed by atoms with van der Waals surface area (Å²) in [6, 6.07) is 5.81. The van der Waals surface area contributed by atoms with Gasteiger partial charge >= 0.3 is 0 Å². The van der Waals surface area contributed by atoms with Crippen molar-refractivity contribution in [2.45, 2.75) is 31.6 Å². The summed E-state index contributed by atoms with van der Waals surface area (Å²) in [5.74, 6) is 0.484. The van der Waals surface area contributed by atoms with E-state index in [9.17, 15) is 14.7 Å². The van der Waals surface area contributed by atoms with E-state index in [1.807, 2.05) is 13.8 Å². The maximum atomic E-state index is 12.7. The van der Waals surface area contributed by atoms with Crippen molar-refractivity contribution < 1.29 is 19.4 Å². The Morgan fingerprint density at radius 1 is 1.29 bits per heavy atom. The van der Waals surface area contributed by atoms with Gasteiger partial charge in [0.05, 0.1) is 25.2 Å². The zero-order chi connectivity index (χ0) is 24.7. The Morgan fingerprint density at radius 3 is 2.62 bits per heavy atom. The number of aliphatic hydroxyl groups excluding tert-OH is 1. The number of amides is 2. The topological polar surface area (TPSA) is 131 Å². The molecule has 3 N–H and O–H groups in total. The molecule has 180 valence electrons. The van der Waals surface area contributed by atoms with Gasteiger partial charge in [0.15, 0.2) is 16.1 Å². The van der Waals surface area contributed by atoms with Crippen LogP contribution in [-0.4, -0.2) is 56.1 Å². The number of nitrogens with zero attached hydrogens (tertiary/aromatic N) is 4. The molecule has 1 atom stereocenters. The van der Waals surface area contributed by atoms with E-state index in [2.05, 4.69) is 32.4 Å². The van der Waals surface area contributed by atoms with E-state index in [1.165, 1.54) is 23.1 Å². The van der Waals surface area contributed by atoms with Gasteiger partial charge in [-0.3, -0.25) is 9.59 Å².